The van der Waals surface area contributed by atoms with E-state index in [0.29, 0.717) is 13.0 Å². The van der Waals surface area contributed by atoms with Crippen LogP contribution < -0.4 is 5.32 Å². The highest BCUT2D eigenvalue weighted by molar-refractivity contribution is 6.35. The molecule has 1 fully saturated rings. The number of carbonyl (C=O) groups is 1. The average molecular weight is 333 g/mol. The molecule has 23 heavy (non-hydrogen) atoms. The molecule has 1 heterocycles. The molecule has 0 aliphatic heterocycles. The number of hydrogen-bond acceptors (Lipinski definition) is 1. The van der Waals surface area contributed by atoms with Gasteiger partial charge in [0, 0.05) is 37.1 Å². The van der Waals surface area contributed by atoms with Gasteiger partial charge in [-0.05, 0) is 30.0 Å². The first-order valence-electron chi connectivity index (χ1n) is 8.64. The highest BCUT2D eigenvalue weighted by atomic mass is 35.5. The molecule has 1 aliphatic rings. The number of hydrogen-bond donors (Lipinski definition) is 1. The molecular weight excluding hydrogens is 308 g/mol. The fraction of sp³-hybridized carbons (Fsp3) is 0.526. The molecule has 0 saturated heterocycles. The third-order valence-corrected chi connectivity index (χ3v) is 5.34. The summed E-state index contributed by atoms with van der Waals surface area (Å²) in [6, 6.07) is 5.91. The van der Waals surface area contributed by atoms with Crippen molar-refractivity contribution in [2.24, 2.45) is 13.0 Å². The summed E-state index contributed by atoms with van der Waals surface area (Å²) in [6.45, 7) is 0.546. The Morgan fingerprint density at radius 2 is 2.09 bits per heavy atom. The van der Waals surface area contributed by atoms with Gasteiger partial charge >= 0.3 is 0 Å². The van der Waals surface area contributed by atoms with Gasteiger partial charge < -0.3 is 9.88 Å². The van der Waals surface area contributed by atoms with Crippen LogP contribution in [0.4, 0.5) is 0 Å². The molecule has 3 nitrogen and oxygen atoms in total. The number of halogens is 1. The van der Waals surface area contributed by atoms with Crippen molar-refractivity contribution in [1.82, 2.24) is 9.88 Å². The van der Waals surface area contributed by atoms with Crippen molar-refractivity contribution >= 4 is 28.4 Å². The number of aromatic nitrogens is 1. The SMILES string of the molecule is Cn1cc(CNC(=O)CCC2CCCCC2)c2c(Cl)cccc21. The second-order valence-corrected chi connectivity index (χ2v) is 7.13. The predicted molar refractivity (Wildman–Crippen MR) is 95.6 cm³/mol. The number of nitrogens with one attached hydrogen (secondary N) is 1. The summed E-state index contributed by atoms with van der Waals surface area (Å²) in [4.78, 5) is 12.1. The van der Waals surface area contributed by atoms with Crippen molar-refractivity contribution in [2.45, 2.75) is 51.5 Å². The lowest BCUT2D eigenvalue weighted by atomic mass is 9.86. The van der Waals surface area contributed by atoms with E-state index < -0.39 is 0 Å². The quantitative estimate of drug-likeness (QED) is 0.837. The zero-order chi connectivity index (χ0) is 16.2. The van der Waals surface area contributed by atoms with Crippen molar-refractivity contribution in [3.63, 3.8) is 0 Å². The number of aryl methyl sites for hydroxylation is 1. The molecule has 0 radical (unpaired) electrons. The Morgan fingerprint density at radius 1 is 1.30 bits per heavy atom. The van der Waals surface area contributed by atoms with Gasteiger partial charge in [-0.25, -0.2) is 0 Å². The van der Waals surface area contributed by atoms with Crippen LogP contribution in [0.1, 0.15) is 50.5 Å². The smallest absolute Gasteiger partial charge is 0.220 e. The Bertz CT molecular complexity index is 686. The maximum absolute atomic E-state index is 12.1. The van der Waals surface area contributed by atoms with Crippen LogP contribution in [0.2, 0.25) is 5.02 Å². The van der Waals surface area contributed by atoms with Crippen molar-refractivity contribution < 1.29 is 4.79 Å². The van der Waals surface area contributed by atoms with E-state index in [1.165, 1.54) is 32.1 Å². The maximum atomic E-state index is 12.1. The monoisotopic (exact) mass is 332 g/mol. The zero-order valence-electron chi connectivity index (χ0n) is 13.8. The molecule has 0 atom stereocenters. The third-order valence-electron chi connectivity index (χ3n) is 5.02. The number of nitrogens with zero attached hydrogens (tertiary/aromatic N) is 1. The summed E-state index contributed by atoms with van der Waals surface area (Å²) in [5.74, 6) is 0.904. The summed E-state index contributed by atoms with van der Waals surface area (Å²) >= 11 is 6.33. The van der Waals surface area contributed by atoms with Gasteiger partial charge in [-0.2, -0.15) is 0 Å². The van der Waals surface area contributed by atoms with E-state index in [0.717, 1.165) is 33.8 Å². The molecule has 1 aromatic heterocycles. The molecule has 3 rings (SSSR count). The predicted octanol–water partition coefficient (Wildman–Crippen LogP) is 4.81. The Balaban J connectivity index is 1.56. The van der Waals surface area contributed by atoms with E-state index in [1.807, 2.05) is 19.2 Å². The fourth-order valence-corrected chi connectivity index (χ4v) is 4.01. The fourth-order valence-electron chi connectivity index (χ4n) is 3.72. The van der Waals surface area contributed by atoms with Crippen LogP contribution in [0.15, 0.2) is 24.4 Å². The van der Waals surface area contributed by atoms with Crippen LogP contribution in [0.3, 0.4) is 0 Å². The molecule has 0 spiro atoms. The normalized spacial score (nSPS) is 15.9. The lowest BCUT2D eigenvalue weighted by Gasteiger charge is -2.20. The van der Waals surface area contributed by atoms with Crippen molar-refractivity contribution in [3.8, 4) is 0 Å². The minimum absolute atomic E-state index is 0.152. The van der Waals surface area contributed by atoms with Gasteiger partial charge in [0.2, 0.25) is 5.91 Å². The van der Waals surface area contributed by atoms with E-state index in [1.54, 1.807) is 0 Å². The molecule has 1 aromatic carbocycles. The Labute approximate surface area is 143 Å². The van der Waals surface area contributed by atoms with Crippen LogP contribution in [0.25, 0.3) is 10.9 Å². The Kier molecular flexibility index (Phi) is 5.27. The van der Waals surface area contributed by atoms with E-state index in [4.69, 9.17) is 11.6 Å². The van der Waals surface area contributed by atoms with E-state index >= 15 is 0 Å². The van der Waals surface area contributed by atoms with Crippen LogP contribution in [0.5, 0.6) is 0 Å². The molecule has 4 heteroatoms. The molecule has 1 amide bonds. The number of amides is 1. The summed E-state index contributed by atoms with van der Waals surface area (Å²) in [7, 11) is 2.01. The second kappa shape index (κ2) is 7.39. The zero-order valence-corrected chi connectivity index (χ0v) is 14.5. The molecular formula is C19H25ClN2O. The minimum Gasteiger partial charge on any atom is -0.352 e. The first-order valence-corrected chi connectivity index (χ1v) is 9.02. The molecule has 1 saturated carbocycles. The number of carbonyl (C=O) groups excluding carboxylic acids is 1. The average Bonchev–Trinajstić information content (AvgIpc) is 2.90. The van der Waals surface area contributed by atoms with Gasteiger partial charge in [-0.1, -0.05) is 49.8 Å². The van der Waals surface area contributed by atoms with Gasteiger partial charge in [0.25, 0.3) is 0 Å². The van der Waals surface area contributed by atoms with Crippen molar-refractivity contribution in [3.05, 3.63) is 35.0 Å². The minimum atomic E-state index is 0.152. The van der Waals surface area contributed by atoms with Crippen molar-refractivity contribution in [1.29, 1.82) is 0 Å². The summed E-state index contributed by atoms with van der Waals surface area (Å²) < 4.78 is 2.06. The highest BCUT2D eigenvalue weighted by Crippen LogP contribution is 2.29. The van der Waals surface area contributed by atoms with Crippen molar-refractivity contribution in [2.75, 3.05) is 0 Å². The van der Waals surface area contributed by atoms with Crippen LogP contribution in [0, 0.1) is 5.92 Å². The van der Waals surface area contributed by atoms with Gasteiger partial charge in [0.1, 0.15) is 0 Å². The first kappa shape index (κ1) is 16.4. The van der Waals surface area contributed by atoms with Gasteiger partial charge in [0.15, 0.2) is 0 Å². The molecule has 1 N–H and O–H groups in total. The van der Waals surface area contributed by atoms with Crippen LogP contribution in [-0.4, -0.2) is 10.5 Å². The van der Waals surface area contributed by atoms with Gasteiger partial charge in [0.05, 0.1) is 5.02 Å². The number of rotatable bonds is 5. The lowest BCUT2D eigenvalue weighted by molar-refractivity contribution is -0.121. The standard InChI is InChI=1S/C19H25ClN2O/c1-22-13-15(19-16(20)8-5-9-17(19)22)12-21-18(23)11-10-14-6-3-2-4-7-14/h5,8-9,13-14H,2-4,6-7,10-12H2,1H3,(H,21,23). The highest BCUT2D eigenvalue weighted by Gasteiger charge is 2.15. The molecule has 1 aliphatic carbocycles. The third kappa shape index (κ3) is 3.89. The van der Waals surface area contributed by atoms with E-state index in [2.05, 4.69) is 22.1 Å². The Hall–Kier alpha value is -1.48. The Morgan fingerprint density at radius 3 is 2.87 bits per heavy atom. The molecule has 124 valence electrons. The summed E-state index contributed by atoms with van der Waals surface area (Å²) in [5.41, 5.74) is 2.18. The first-order chi connectivity index (χ1) is 11.1. The summed E-state index contributed by atoms with van der Waals surface area (Å²) in [5, 5.41) is 4.85. The number of benzene rings is 1. The van der Waals surface area contributed by atoms with Crippen LogP contribution in [-0.2, 0) is 18.4 Å². The largest absolute Gasteiger partial charge is 0.352 e. The topological polar surface area (TPSA) is 34.0 Å². The maximum Gasteiger partial charge on any atom is 0.220 e. The van der Waals surface area contributed by atoms with Gasteiger partial charge in [-0.3, -0.25) is 4.79 Å². The van der Waals surface area contributed by atoms with E-state index in [-0.39, 0.29) is 5.91 Å². The molecule has 0 bridgehead atoms. The summed E-state index contributed by atoms with van der Waals surface area (Å²) in [6.07, 6.45) is 10.4. The number of fused-ring (bicyclic) bond motifs is 1. The van der Waals surface area contributed by atoms with Crippen LogP contribution >= 0.6 is 11.6 Å². The second-order valence-electron chi connectivity index (χ2n) is 6.72. The van der Waals surface area contributed by atoms with Gasteiger partial charge in [-0.15, -0.1) is 0 Å². The molecule has 0 unspecified atom stereocenters. The lowest BCUT2D eigenvalue weighted by Crippen LogP contribution is -2.23. The van der Waals surface area contributed by atoms with E-state index in [9.17, 15) is 4.79 Å². The molecule has 2 aromatic rings.